The van der Waals surface area contributed by atoms with Crippen molar-refractivity contribution in [3.63, 3.8) is 0 Å². The van der Waals surface area contributed by atoms with E-state index < -0.39 is 61.9 Å². The number of methoxy groups -OCH3 is 4. The number of ether oxygens (including phenoxy) is 4. The molecule has 0 saturated heterocycles. The number of rotatable bonds is 20. The van der Waals surface area contributed by atoms with Gasteiger partial charge in [-0.05, 0) is 71.8 Å². The first kappa shape index (κ1) is 47.4. The predicted molar refractivity (Wildman–Crippen MR) is 217 cm³/mol. The smallest absolute Gasteiger partial charge is 0.295 e. The largest absolute Gasteiger partial charge is 0.495 e. The van der Waals surface area contributed by atoms with E-state index in [-0.39, 0.29) is 81.2 Å². The third-order valence-corrected chi connectivity index (χ3v) is 13.0. The van der Waals surface area contributed by atoms with E-state index >= 15 is 0 Å². The third-order valence-electron chi connectivity index (χ3n) is 8.17. The van der Waals surface area contributed by atoms with Gasteiger partial charge in [-0.2, -0.15) is 16.8 Å². The minimum Gasteiger partial charge on any atom is -0.495 e. The van der Waals surface area contributed by atoms with E-state index in [2.05, 4.69) is 20.1 Å². The maximum atomic E-state index is 13.2. The summed E-state index contributed by atoms with van der Waals surface area (Å²) in [5.74, 6) is -1.87. The van der Waals surface area contributed by atoms with Crippen LogP contribution in [0.4, 0.5) is 11.4 Å². The Balaban J connectivity index is 1.62. The normalized spacial score (nSPS) is 12.3. The quantitative estimate of drug-likeness (QED) is 0.0422. The lowest BCUT2D eigenvalue weighted by molar-refractivity contribution is 0.101. The lowest BCUT2D eigenvalue weighted by Gasteiger charge is -2.13. The second-order valence-electron chi connectivity index (χ2n) is 12.2. The Morgan fingerprint density at radius 3 is 1.22 bits per heavy atom. The number of amides is 2. The van der Waals surface area contributed by atoms with Gasteiger partial charge in [-0.1, -0.05) is 24.3 Å². The van der Waals surface area contributed by atoms with E-state index in [0.29, 0.717) is 0 Å². The number of hydrogen-bond donors (Lipinski definition) is 6. The molecule has 0 aliphatic rings. The van der Waals surface area contributed by atoms with Crippen molar-refractivity contribution in [1.82, 2.24) is 9.44 Å². The van der Waals surface area contributed by atoms with Gasteiger partial charge in [0.1, 0.15) is 31.1 Å². The van der Waals surface area contributed by atoms with Crippen molar-refractivity contribution in [2.45, 2.75) is 19.6 Å². The topological polar surface area (TPSA) is 296 Å². The van der Waals surface area contributed by atoms with Gasteiger partial charge in [0.05, 0.1) is 27.4 Å². The lowest BCUT2D eigenvalue weighted by Crippen LogP contribution is -2.28. The van der Waals surface area contributed by atoms with Gasteiger partial charge >= 0.3 is 0 Å². The van der Waals surface area contributed by atoms with Crippen molar-refractivity contribution >= 4 is 75.6 Å². The van der Waals surface area contributed by atoms with Crippen LogP contribution in [0.25, 0.3) is 12.2 Å². The molecule has 0 aliphatic heterocycles. The number of anilines is 2. The average Bonchev–Trinajstić information content (AvgIpc) is 3.19. The zero-order chi connectivity index (χ0) is 44.5. The van der Waals surface area contributed by atoms with E-state index in [9.17, 15) is 52.4 Å². The van der Waals surface area contributed by atoms with Gasteiger partial charge in [0.2, 0.25) is 20.0 Å². The maximum absolute atomic E-state index is 13.2. The summed E-state index contributed by atoms with van der Waals surface area (Å²) in [6.45, 7) is -0.0117. The van der Waals surface area contributed by atoms with E-state index in [1.54, 1.807) is 0 Å². The number of carbonyl (C=O) groups is 2. The van der Waals surface area contributed by atoms with E-state index in [4.69, 9.17) is 18.9 Å². The van der Waals surface area contributed by atoms with Crippen LogP contribution in [0.15, 0.2) is 92.4 Å². The fraction of sp³-hybridized carbons (Fsp3) is 0.222. The molecule has 324 valence electrons. The first-order valence-electron chi connectivity index (χ1n) is 17.0. The summed E-state index contributed by atoms with van der Waals surface area (Å²) in [4.78, 5) is 24.2. The minimum atomic E-state index is -5.00. The van der Waals surface area contributed by atoms with Gasteiger partial charge < -0.3 is 29.6 Å². The summed E-state index contributed by atoms with van der Waals surface area (Å²) in [6, 6.07) is 13.7. The molecule has 0 heterocycles. The molecule has 0 aromatic heterocycles. The van der Waals surface area contributed by atoms with Crippen LogP contribution in [0, 0.1) is 0 Å². The second-order valence-corrected chi connectivity index (χ2v) is 18.5. The molecule has 4 rings (SSSR count). The Hall–Kier alpha value is -5.28. The highest BCUT2D eigenvalue weighted by molar-refractivity contribution is 7.90. The summed E-state index contributed by atoms with van der Waals surface area (Å²) >= 11 is 0. The van der Waals surface area contributed by atoms with Crippen LogP contribution in [0.2, 0.25) is 0 Å². The molecule has 4 aromatic carbocycles. The van der Waals surface area contributed by atoms with E-state index in [0.717, 1.165) is 48.6 Å². The van der Waals surface area contributed by atoms with Crippen LogP contribution < -0.4 is 29.6 Å². The van der Waals surface area contributed by atoms with Crippen molar-refractivity contribution in [2.24, 2.45) is 0 Å². The van der Waals surface area contributed by atoms with Crippen LogP contribution in [0.1, 0.15) is 31.8 Å². The first-order valence-corrected chi connectivity index (χ1v) is 22.9. The zero-order valence-electron chi connectivity index (χ0n) is 32.2. The molecule has 0 bridgehead atoms. The zero-order valence-corrected chi connectivity index (χ0v) is 35.4. The Kier molecular flexibility index (Phi) is 15.7. The number of carbonyl (C=O) groups excluding carboxylic acids is 2. The van der Waals surface area contributed by atoms with Gasteiger partial charge in [-0.3, -0.25) is 18.7 Å². The van der Waals surface area contributed by atoms with Gasteiger partial charge in [0, 0.05) is 49.8 Å². The molecule has 2 amide bonds. The molecule has 0 unspecified atom stereocenters. The van der Waals surface area contributed by atoms with Gasteiger partial charge in [-0.15, -0.1) is 0 Å². The molecular weight excluding hydrogens is 873 g/mol. The molecule has 4 aromatic rings. The number of nitrogens with one attached hydrogen (secondary N) is 4. The molecule has 60 heavy (non-hydrogen) atoms. The Labute approximate surface area is 346 Å². The monoisotopic (exact) mass is 912 g/mol. The fourth-order valence-electron chi connectivity index (χ4n) is 5.30. The Morgan fingerprint density at radius 1 is 0.533 bits per heavy atom. The average molecular weight is 913 g/mol. The highest BCUT2D eigenvalue weighted by Gasteiger charge is 2.24. The van der Waals surface area contributed by atoms with Gasteiger partial charge in [0.25, 0.3) is 32.1 Å². The van der Waals surface area contributed by atoms with Crippen LogP contribution in [0.5, 0.6) is 11.5 Å². The highest BCUT2D eigenvalue weighted by atomic mass is 32.2. The van der Waals surface area contributed by atoms with Crippen LogP contribution in [0.3, 0.4) is 0 Å². The van der Waals surface area contributed by atoms with Gasteiger partial charge in [0.15, 0.2) is 0 Å². The maximum Gasteiger partial charge on any atom is 0.295 e. The van der Waals surface area contributed by atoms with Crippen molar-refractivity contribution in [2.75, 3.05) is 65.4 Å². The molecule has 0 aliphatic carbocycles. The van der Waals surface area contributed by atoms with Crippen LogP contribution in [-0.4, -0.2) is 109 Å². The van der Waals surface area contributed by atoms with E-state index in [1.165, 1.54) is 64.8 Å². The molecule has 0 radical (unpaired) electrons. The molecule has 0 atom stereocenters. The third kappa shape index (κ3) is 12.2. The number of benzene rings is 4. The lowest BCUT2D eigenvalue weighted by atomic mass is 10.1. The summed E-state index contributed by atoms with van der Waals surface area (Å²) in [5.41, 5.74) is -1.01. The summed E-state index contributed by atoms with van der Waals surface area (Å²) in [7, 11) is -13.1. The second kappa shape index (κ2) is 19.9. The predicted octanol–water partition coefficient (Wildman–Crippen LogP) is 2.72. The summed E-state index contributed by atoms with van der Waals surface area (Å²) in [5, 5.41) is 4.85. The van der Waals surface area contributed by atoms with Crippen molar-refractivity contribution in [3.8, 4) is 11.5 Å². The molecule has 24 heteroatoms. The SMILES string of the molecule is COCCNS(=O)(=O)c1cc(C(=O)Nc2ccc(/C=C/c3ccc(NC(=O)c4ccc(OC)c(S(=O)(=O)NCCOC)c4)cc3S(=O)(=O)O)c(S(=O)(=O)O)c2)ccc1OC. The van der Waals surface area contributed by atoms with Crippen molar-refractivity contribution in [1.29, 1.82) is 0 Å². The van der Waals surface area contributed by atoms with E-state index in [1.807, 2.05) is 0 Å². The summed E-state index contributed by atoms with van der Waals surface area (Å²) < 4.78 is 146. The molecule has 0 spiro atoms. The van der Waals surface area contributed by atoms with Crippen molar-refractivity contribution in [3.05, 3.63) is 95.1 Å². The molecule has 20 nitrogen and oxygen atoms in total. The number of sulfonamides is 2. The molecule has 0 saturated carbocycles. The van der Waals surface area contributed by atoms with Crippen LogP contribution >= 0.6 is 0 Å². The Morgan fingerprint density at radius 2 is 0.900 bits per heavy atom. The summed E-state index contributed by atoms with van der Waals surface area (Å²) in [6.07, 6.45) is 2.18. The molecule has 6 N–H and O–H groups in total. The molecule has 0 fully saturated rings. The fourth-order valence-corrected chi connectivity index (χ4v) is 9.13. The van der Waals surface area contributed by atoms with Crippen molar-refractivity contribution < 1.29 is 71.3 Å². The van der Waals surface area contributed by atoms with Gasteiger partial charge in [-0.25, -0.2) is 26.3 Å². The molecular formula is C36H40N4O16S4. The Bertz CT molecular complexity index is 2550. The highest BCUT2D eigenvalue weighted by Crippen LogP contribution is 2.30. The standard InChI is InChI=1S/C36H40N4O16S4/c1-53-17-15-37-57(43,44)33-19-25(9-13-29(33)55-3)35(41)39-27-11-7-23(31(21-27)59(47,48)49)5-6-24-8-12-28(22-32(24)60(50,51)52)40-36(42)26-10-14-30(56-4)34(20-26)58(45,46)38-16-18-54-2/h5-14,19-22,37-38H,15-18H2,1-4H3,(H,39,41)(H,40,42)(H,47,48,49)(H,50,51,52)/b6-5+. The number of hydrogen-bond acceptors (Lipinski definition) is 14. The first-order chi connectivity index (χ1) is 28.1. The van der Waals surface area contributed by atoms with Crippen LogP contribution in [-0.2, 0) is 49.8 Å². The minimum absolute atomic E-state index is 0.0668.